The molecule has 3 fully saturated rings. The third-order valence-corrected chi connectivity index (χ3v) is 7.86. The van der Waals surface area contributed by atoms with Crippen molar-refractivity contribution >= 4 is 17.4 Å². The summed E-state index contributed by atoms with van der Waals surface area (Å²) in [7, 11) is 0. The summed E-state index contributed by atoms with van der Waals surface area (Å²) >= 11 is 0. The Morgan fingerprint density at radius 3 is 2.80 bits per heavy atom. The summed E-state index contributed by atoms with van der Waals surface area (Å²) in [6.45, 7) is 2.94. The van der Waals surface area contributed by atoms with E-state index in [1.807, 2.05) is 19.9 Å². The second-order valence-electron chi connectivity index (χ2n) is 9.74. The molecule has 1 N–H and O–H groups in total. The minimum Gasteiger partial charge on any atom is -0.487 e. The molecule has 5 atom stereocenters. The van der Waals surface area contributed by atoms with Crippen molar-refractivity contribution in [1.82, 2.24) is 24.6 Å². The van der Waals surface area contributed by atoms with Crippen molar-refractivity contribution in [2.75, 3.05) is 23.5 Å². The number of aromatic nitrogens is 5. The number of hydrogen-bond donors (Lipinski definition) is 1. The van der Waals surface area contributed by atoms with Crippen LogP contribution in [0.3, 0.4) is 0 Å². The van der Waals surface area contributed by atoms with Crippen molar-refractivity contribution in [3.8, 4) is 5.75 Å². The highest BCUT2D eigenvalue weighted by molar-refractivity contribution is 5.59. The van der Waals surface area contributed by atoms with E-state index in [1.165, 1.54) is 0 Å². The fourth-order valence-electron chi connectivity index (χ4n) is 6.22. The Morgan fingerprint density at radius 2 is 2.11 bits per heavy atom. The molecule has 3 aromatic rings. The third kappa shape index (κ3) is 3.40. The summed E-state index contributed by atoms with van der Waals surface area (Å²) in [5.41, 5.74) is 0.0369. The first kappa shape index (κ1) is 22.3. The van der Waals surface area contributed by atoms with Crippen LogP contribution in [0.5, 0.6) is 5.75 Å². The van der Waals surface area contributed by atoms with Crippen LogP contribution >= 0.6 is 0 Å². The van der Waals surface area contributed by atoms with Crippen molar-refractivity contribution in [3.05, 3.63) is 35.9 Å². The van der Waals surface area contributed by atoms with E-state index in [2.05, 4.69) is 30.3 Å². The Hall–Kier alpha value is -3.18. The second-order valence-corrected chi connectivity index (χ2v) is 9.74. The average molecular weight is 491 g/mol. The molecule has 35 heavy (non-hydrogen) atoms. The Balaban J connectivity index is 1.22. The van der Waals surface area contributed by atoms with Gasteiger partial charge in [0.1, 0.15) is 31.1 Å². The smallest absolute Gasteiger partial charge is 0.433 e. The molecule has 0 radical (unpaired) electrons. The van der Waals surface area contributed by atoms with Crippen molar-refractivity contribution in [1.29, 1.82) is 0 Å². The molecule has 4 heterocycles. The van der Waals surface area contributed by atoms with Crippen LogP contribution in [0.2, 0.25) is 0 Å². The molecule has 2 saturated carbocycles. The van der Waals surface area contributed by atoms with Crippen molar-refractivity contribution < 1.29 is 22.3 Å². The van der Waals surface area contributed by atoms with Crippen LogP contribution in [-0.4, -0.2) is 56.0 Å². The minimum atomic E-state index is -4.62. The van der Waals surface area contributed by atoms with Gasteiger partial charge in [0.05, 0.1) is 12.1 Å². The standard InChI is InChI=1S/C23H25F4N7O/c1-12-9-18(29-11-28-12)33-15-10-22(19(15)33)6-5-14(22)13(2)30-21-31-20-16(35-8-7-24)3-4-17(23(25,26)27)34(20)32-21/h3-4,9,11,13-15,19H,5-8,10H2,1-2H3,(H,30,32)/t13-,14?,15?,19?,22?,33?/m0/s1. The predicted molar refractivity (Wildman–Crippen MR) is 119 cm³/mol. The first-order chi connectivity index (χ1) is 16.7. The van der Waals surface area contributed by atoms with E-state index >= 15 is 0 Å². The van der Waals surface area contributed by atoms with Crippen LogP contribution in [0.25, 0.3) is 5.65 Å². The molecule has 1 spiro atoms. The molecular formula is C23H25F4N7O. The van der Waals surface area contributed by atoms with Crippen LogP contribution in [0.15, 0.2) is 24.5 Å². The number of anilines is 2. The van der Waals surface area contributed by atoms with E-state index in [4.69, 9.17) is 4.74 Å². The average Bonchev–Trinajstić information content (AvgIpc) is 3.15. The molecule has 4 unspecified atom stereocenters. The first-order valence-corrected chi connectivity index (χ1v) is 11.7. The highest BCUT2D eigenvalue weighted by Crippen LogP contribution is 2.71. The maximum atomic E-state index is 13.5. The van der Waals surface area contributed by atoms with Gasteiger partial charge in [-0.1, -0.05) is 0 Å². The number of alkyl halides is 4. The van der Waals surface area contributed by atoms with Crippen molar-refractivity contribution in [3.63, 3.8) is 0 Å². The van der Waals surface area contributed by atoms with Crippen LogP contribution < -0.4 is 15.0 Å². The maximum Gasteiger partial charge on any atom is 0.433 e. The van der Waals surface area contributed by atoms with Crippen LogP contribution in [-0.2, 0) is 6.18 Å². The summed E-state index contributed by atoms with van der Waals surface area (Å²) in [6.07, 6.45) is 0.188. The van der Waals surface area contributed by atoms with Crippen molar-refractivity contribution in [2.45, 2.75) is 57.4 Å². The van der Waals surface area contributed by atoms with Gasteiger partial charge in [0, 0.05) is 17.8 Å². The van der Waals surface area contributed by atoms with Gasteiger partial charge in [0.2, 0.25) is 5.95 Å². The van der Waals surface area contributed by atoms with Crippen LogP contribution in [0, 0.1) is 18.3 Å². The number of pyridine rings is 1. The lowest BCUT2D eigenvalue weighted by molar-refractivity contribution is -0.142. The summed E-state index contributed by atoms with van der Waals surface area (Å²) < 4.78 is 59.2. The minimum absolute atomic E-state index is 0.0405. The summed E-state index contributed by atoms with van der Waals surface area (Å²) in [5.74, 6) is 1.45. The molecule has 2 aliphatic carbocycles. The van der Waals surface area contributed by atoms with E-state index in [-0.39, 0.29) is 35.4 Å². The highest BCUT2D eigenvalue weighted by atomic mass is 19.4. The van der Waals surface area contributed by atoms with Gasteiger partial charge in [-0.2, -0.15) is 18.2 Å². The molecule has 6 rings (SSSR count). The second kappa shape index (κ2) is 7.66. The van der Waals surface area contributed by atoms with Crippen LogP contribution in [0.4, 0.5) is 29.3 Å². The zero-order valence-electron chi connectivity index (χ0n) is 19.3. The fourth-order valence-corrected chi connectivity index (χ4v) is 6.22. The molecule has 1 aliphatic heterocycles. The van der Waals surface area contributed by atoms with Gasteiger partial charge in [0.15, 0.2) is 11.4 Å². The number of nitrogens with one attached hydrogen (secondary N) is 1. The van der Waals surface area contributed by atoms with E-state index in [0.717, 1.165) is 47.4 Å². The van der Waals surface area contributed by atoms with Gasteiger partial charge in [-0.25, -0.2) is 18.9 Å². The van der Waals surface area contributed by atoms with Gasteiger partial charge >= 0.3 is 6.18 Å². The number of halogens is 4. The molecule has 12 heteroatoms. The fraction of sp³-hybridized carbons (Fsp3) is 0.565. The normalized spacial score (nSPS) is 27.8. The van der Waals surface area contributed by atoms with Crippen LogP contribution in [0.1, 0.15) is 37.6 Å². The van der Waals surface area contributed by atoms with E-state index < -0.39 is 18.5 Å². The zero-order chi connectivity index (χ0) is 24.5. The molecule has 0 bridgehead atoms. The Labute approximate surface area is 198 Å². The molecule has 0 amide bonds. The predicted octanol–water partition coefficient (Wildman–Crippen LogP) is 4.05. The number of nitrogens with zero attached hydrogens (tertiary/aromatic N) is 6. The number of ether oxygens (including phenoxy) is 1. The van der Waals surface area contributed by atoms with Crippen molar-refractivity contribution in [2.24, 2.45) is 11.3 Å². The molecule has 0 aromatic carbocycles. The van der Waals surface area contributed by atoms with E-state index in [0.29, 0.717) is 18.0 Å². The van der Waals surface area contributed by atoms with Gasteiger partial charge in [-0.15, -0.1) is 5.10 Å². The summed E-state index contributed by atoms with van der Waals surface area (Å²) in [6, 6.07) is 4.92. The SMILES string of the molecule is Cc1cc(N2C3CC4(CCC4[C@H](C)Nc4nc5c(OCCF)ccc(C(F)(F)F)n5n4)C32)ncn1. The molecular weight excluding hydrogens is 466 g/mol. The van der Waals surface area contributed by atoms with E-state index in [1.54, 1.807) is 6.33 Å². The number of hydrogen-bond acceptors (Lipinski definition) is 7. The monoisotopic (exact) mass is 491 g/mol. The Bertz CT molecular complexity index is 1280. The molecule has 186 valence electrons. The quantitative estimate of drug-likeness (QED) is 0.395. The lowest BCUT2D eigenvalue weighted by Crippen LogP contribution is -2.57. The number of rotatable bonds is 7. The van der Waals surface area contributed by atoms with Gasteiger partial charge < -0.3 is 15.0 Å². The van der Waals surface area contributed by atoms with E-state index in [9.17, 15) is 17.6 Å². The van der Waals surface area contributed by atoms with Gasteiger partial charge in [-0.3, -0.25) is 0 Å². The Kier molecular flexibility index (Phi) is 4.88. The largest absolute Gasteiger partial charge is 0.487 e. The van der Waals surface area contributed by atoms with Gasteiger partial charge in [0.25, 0.3) is 0 Å². The molecule has 8 nitrogen and oxygen atoms in total. The molecule has 3 aliphatic rings. The first-order valence-electron chi connectivity index (χ1n) is 11.7. The zero-order valence-corrected chi connectivity index (χ0v) is 19.3. The summed E-state index contributed by atoms with van der Waals surface area (Å²) in [4.78, 5) is 15.3. The highest BCUT2D eigenvalue weighted by Gasteiger charge is 2.75. The number of aryl methyl sites for hydroxylation is 1. The third-order valence-electron chi connectivity index (χ3n) is 7.86. The lowest BCUT2D eigenvalue weighted by atomic mass is 9.48. The van der Waals surface area contributed by atoms with Gasteiger partial charge in [-0.05, 0) is 56.6 Å². The topological polar surface area (TPSA) is 80.2 Å². The number of fused-ring (bicyclic) bond motifs is 3. The Morgan fingerprint density at radius 1 is 1.29 bits per heavy atom. The molecule has 3 aromatic heterocycles. The summed E-state index contributed by atoms with van der Waals surface area (Å²) in [5, 5.41) is 7.33. The maximum absolute atomic E-state index is 13.5. The lowest BCUT2D eigenvalue weighted by Gasteiger charge is -2.56. The molecule has 1 saturated heterocycles.